The van der Waals surface area contributed by atoms with Gasteiger partial charge in [0.05, 0.1) is 5.69 Å². The Labute approximate surface area is 166 Å². The SMILES string of the molecule is Cc1cc(C(=O)N2CCC(N(c3cc(N(C)C)ncn3)C3CC3)CC2)n(C)n1. The Hall–Kier alpha value is -2.64. The molecule has 28 heavy (non-hydrogen) atoms. The quantitative estimate of drug-likeness (QED) is 0.785. The molecule has 0 bridgehead atoms. The van der Waals surface area contributed by atoms with Crippen LogP contribution in [0.2, 0.25) is 0 Å². The van der Waals surface area contributed by atoms with Crippen molar-refractivity contribution in [2.24, 2.45) is 7.05 Å². The lowest BCUT2D eigenvalue weighted by Gasteiger charge is -2.39. The Kier molecular flexibility index (Phi) is 4.95. The molecule has 2 aliphatic rings. The van der Waals surface area contributed by atoms with E-state index in [-0.39, 0.29) is 5.91 Å². The predicted octanol–water partition coefficient (Wildman–Crippen LogP) is 1.86. The third-order valence-corrected chi connectivity index (χ3v) is 5.67. The second-order valence-corrected chi connectivity index (χ2v) is 8.09. The molecule has 0 aromatic carbocycles. The largest absolute Gasteiger partial charge is 0.363 e. The van der Waals surface area contributed by atoms with Crippen LogP contribution < -0.4 is 9.80 Å². The Morgan fingerprint density at radius 1 is 1.04 bits per heavy atom. The van der Waals surface area contributed by atoms with Crippen molar-refractivity contribution < 1.29 is 4.79 Å². The van der Waals surface area contributed by atoms with Crippen molar-refractivity contribution in [2.75, 3.05) is 37.0 Å². The lowest BCUT2D eigenvalue weighted by atomic mass is 10.0. The number of aryl methyl sites for hydroxylation is 2. The summed E-state index contributed by atoms with van der Waals surface area (Å²) in [7, 11) is 5.83. The van der Waals surface area contributed by atoms with Crippen LogP contribution in [0.1, 0.15) is 41.9 Å². The first-order valence-electron chi connectivity index (χ1n) is 10.0. The fourth-order valence-electron chi connectivity index (χ4n) is 4.07. The third kappa shape index (κ3) is 3.68. The number of carbonyl (C=O) groups excluding carboxylic acids is 1. The van der Waals surface area contributed by atoms with Gasteiger partial charge in [-0.3, -0.25) is 9.48 Å². The van der Waals surface area contributed by atoms with Crippen LogP contribution >= 0.6 is 0 Å². The molecule has 150 valence electrons. The molecule has 8 nitrogen and oxygen atoms in total. The molecule has 0 spiro atoms. The van der Waals surface area contributed by atoms with E-state index in [9.17, 15) is 4.79 Å². The molecule has 8 heteroatoms. The number of anilines is 2. The first-order valence-corrected chi connectivity index (χ1v) is 10.0. The first kappa shape index (κ1) is 18.7. The second kappa shape index (κ2) is 7.41. The second-order valence-electron chi connectivity index (χ2n) is 8.09. The number of rotatable bonds is 5. The van der Waals surface area contributed by atoms with Crippen LogP contribution in [0.4, 0.5) is 11.6 Å². The van der Waals surface area contributed by atoms with E-state index in [0.29, 0.717) is 17.8 Å². The minimum absolute atomic E-state index is 0.0800. The lowest BCUT2D eigenvalue weighted by Crippen LogP contribution is -2.48. The van der Waals surface area contributed by atoms with Gasteiger partial charge in [-0.25, -0.2) is 9.97 Å². The lowest BCUT2D eigenvalue weighted by molar-refractivity contribution is 0.0700. The van der Waals surface area contributed by atoms with Gasteiger partial charge >= 0.3 is 0 Å². The molecule has 1 aliphatic heterocycles. The van der Waals surface area contributed by atoms with Crippen molar-refractivity contribution in [3.8, 4) is 0 Å². The third-order valence-electron chi connectivity index (χ3n) is 5.67. The molecule has 0 unspecified atom stereocenters. The molecule has 1 saturated heterocycles. The van der Waals surface area contributed by atoms with Crippen LogP contribution in [0.5, 0.6) is 0 Å². The Morgan fingerprint density at radius 2 is 1.68 bits per heavy atom. The van der Waals surface area contributed by atoms with Crippen LogP contribution in [-0.2, 0) is 7.05 Å². The molecule has 2 aromatic heterocycles. The number of piperidine rings is 1. The number of carbonyl (C=O) groups is 1. The molecule has 1 aliphatic carbocycles. The molecular formula is C20H29N7O. The normalized spacial score (nSPS) is 17.6. The standard InChI is InChI=1S/C20H29N7O/c1-14-11-17(25(4)23-14)20(28)26-9-7-16(8-10-26)27(15-5-6-15)19-12-18(24(2)3)21-13-22-19/h11-13,15-16H,5-10H2,1-4H3. The first-order chi connectivity index (χ1) is 13.4. The molecule has 0 N–H and O–H groups in total. The van der Waals surface area contributed by atoms with E-state index in [1.54, 1.807) is 11.0 Å². The van der Waals surface area contributed by atoms with E-state index in [1.165, 1.54) is 12.8 Å². The van der Waals surface area contributed by atoms with Crippen LogP contribution in [0.25, 0.3) is 0 Å². The van der Waals surface area contributed by atoms with Crippen LogP contribution in [0, 0.1) is 6.92 Å². The van der Waals surface area contributed by atoms with Gasteiger partial charge in [0, 0.05) is 52.4 Å². The van der Waals surface area contributed by atoms with Crippen LogP contribution in [-0.4, -0.2) is 69.8 Å². The van der Waals surface area contributed by atoms with Gasteiger partial charge in [0.25, 0.3) is 5.91 Å². The van der Waals surface area contributed by atoms with Gasteiger partial charge in [0.1, 0.15) is 23.7 Å². The minimum Gasteiger partial charge on any atom is -0.363 e. The molecular weight excluding hydrogens is 354 g/mol. The fourth-order valence-corrected chi connectivity index (χ4v) is 4.07. The molecule has 0 atom stereocenters. The smallest absolute Gasteiger partial charge is 0.272 e. The molecule has 4 rings (SSSR count). The zero-order valence-electron chi connectivity index (χ0n) is 17.2. The molecule has 1 saturated carbocycles. The average Bonchev–Trinajstić information content (AvgIpc) is 3.45. The number of aromatic nitrogens is 4. The van der Waals surface area contributed by atoms with Crippen molar-refractivity contribution in [3.63, 3.8) is 0 Å². The molecule has 2 fully saturated rings. The number of nitrogens with zero attached hydrogens (tertiary/aromatic N) is 7. The van der Waals surface area contributed by atoms with Gasteiger partial charge in [-0.05, 0) is 38.7 Å². The summed E-state index contributed by atoms with van der Waals surface area (Å²) < 4.78 is 1.68. The van der Waals surface area contributed by atoms with Crippen LogP contribution in [0.3, 0.4) is 0 Å². The summed E-state index contributed by atoms with van der Waals surface area (Å²) in [4.78, 5) is 28.2. The van der Waals surface area contributed by atoms with E-state index in [1.807, 2.05) is 43.9 Å². The van der Waals surface area contributed by atoms with Crippen molar-refractivity contribution in [1.82, 2.24) is 24.6 Å². The summed E-state index contributed by atoms with van der Waals surface area (Å²) in [6.45, 7) is 3.45. The molecule has 0 radical (unpaired) electrons. The summed E-state index contributed by atoms with van der Waals surface area (Å²) in [5.74, 6) is 2.01. The van der Waals surface area contributed by atoms with Crippen LogP contribution in [0.15, 0.2) is 18.5 Å². The Bertz CT molecular complexity index is 850. The summed E-state index contributed by atoms with van der Waals surface area (Å²) in [6.07, 6.45) is 6.01. The van der Waals surface area contributed by atoms with Gasteiger partial charge in [-0.15, -0.1) is 0 Å². The van der Waals surface area contributed by atoms with E-state index in [0.717, 1.165) is 43.3 Å². The number of hydrogen-bond donors (Lipinski definition) is 0. The monoisotopic (exact) mass is 383 g/mol. The highest BCUT2D eigenvalue weighted by Crippen LogP contribution is 2.36. The van der Waals surface area contributed by atoms with Crippen molar-refractivity contribution >= 4 is 17.5 Å². The molecule has 3 heterocycles. The van der Waals surface area contributed by atoms with Crippen molar-refractivity contribution in [2.45, 2.75) is 44.7 Å². The predicted molar refractivity (Wildman–Crippen MR) is 109 cm³/mol. The fraction of sp³-hybridized carbons (Fsp3) is 0.600. The van der Waals surface area contributed by atoms with Gasteiger partial charge in [-0.1, -0.05) is 0 Å². The zero-order valence-corrected chi connectivity index (χ0v) is 17.2. The van der Waals surface area contributed by atoms with Crippen molar-refractivity contribution in [1.29, 1.82) is 0 Å². The molecule has 2 aromatic rings. The Morgan fingerprint density at radius 3 is 2.25 bits per heavy atom. The van der Waals surface area contributed by atoms with E-state index in [2.05, 4.69) is 26.0 Å². The van der Waals surface area contributed by atoms with Gasteiger partial charge in [0.2, 0.25) is 0 Å². The number of likely N-dealkylation sites (tertiary alicyclic amines) is 1. The maximum absolute atomic E-state index is 12.9. The maximum Gasteiger partial charge on any atom is 0.272 e. The van der Waals surface area contributed by atoms with Gasteiger partial charge in [0.15, 0.2) is 0 Å². The minimum atomic E-state index is 0.0800. The van der Waals surface area contributed by atoms with E-state index >= 15 is 0 Å². The van der Waals surface area contributed by atoms with Gasteiger partial charge < -0.3 is 14.7 Å². The topological polar surface area (TPSA) is 70.4 Å². The summed E-state index contributed by atoms with van der Waals surface area (Å²) in [5.41, 5.74) is 1.54. The summed E-state index contributed by atoms with van der Waals surface area (Å²) in [5, 5.41) is 4.31. The molecule has 1 amide bonds. The zero-order chi connectivity index (χ0) is 19.8. The Balaban J connectivity index is 1.46. The van der Waals surface area contributed by atoms with E-state index in [4.69, 9.17) is 0 Å². The van der Waals surface area contributed by atoms with Gasteiger partial charge in [-0.2, -0.15) is 5.10 Å². The maximum atomic E-state index is 12.9. The van der Waals surface area contributed by atoms with Crippen molar-refractivity contribution in [3.05, 3.63) is 29.8 Å². The highest BCUT2D eigenvalue weighted by molar-refractivity contribution is 5.92. The van der Waals surface area contributed by atoms with E-state index < -0.39 is 0 Å². The summed E-state index contributed by atoms with van der Waals surface area (Å²) in [6, 6.07) is 4.93. The number of hydrogen-bond acceptors (Lipinski definition) is 6. The average molecular weight is 384 g/mol. The number of amides is 1. The summed E-state index contributed by atoms with van der Waals surface area (Å²) >= 11 is 0. The highest BCUT2D eigenvalue weighted by Gasteiger charge is 2.37. The highest BCUT2D eigenvalue weighted by atomic mass is 16.2.